The lowest BCUT2D eigenvalue weighted by Gasteiger charge is -2.07. The van der Waals surface area contributed by atoms with E-state index >= 15 is 0 Å². The van der Waals surface area contributed by atoms with Gasteiger partial charge in [-0.1, -0.05) is 0 Å². The first kappa shape index (κ1) is 20.1. The Morgan fingerprint density at radius 3 is 2.62 bits per heavy atom. The van der Waals surface area contributed by atoms with Crippen molar-refractivity contribution in [2.45, 2.75) is 20.8 Å². The van der Waals surface area contributed by atoms with Crippen LogP contribution in [0, 0.1) is 20.8 Å². The van der Waals surface area contributed by atoms with Gasteiger partial charge in [0.1, 0.15) is 9.88 Å². The number of nitrogens with zero attached hydrogens (tertiary/aromatic N) is 3. The average molecular weight is 396 g/mol. The van der Waals surface area contributed by atoms with Gasteiger partial charge in [-0.15, -0.1) is 23.1 Å². The maximum absolute atomic E-state index is 12.4. The highest BCUT2D eigenvalue weighted by Gasteiger charge is 2.20. The molecule has 2 heterocycles. The number of thioether (sulfide) groups is 1. The molecule has 1 amide bonds. The first-order valence-corrected chi connectivity index (χ1v) is 9.79. The first-order valence-electron chi connectivity index (χ1n) is 7.82. The van der Waals surface area contributed by atoms with Gasteiger partial charge in [-0.2, -0.15) is 5.10 Å². The van der Waals surface area contributed by atoms with E-state index in [1.165, 1.54) is 27.8 Å². The van der Waals surface area contributed by atoms with Crippen molar-refractivity contribution in [3.05, 3.63) is 32.2 Å². The third kappa shape index (κ3) is 4.50. The van der Waals surface area contributed by atoms with Gasteiger partial charge in [0.25, 0.3) is 11.5 Å². The van der Waals surface area contributed by atoms with Gasteiger partial charge >= 0.3 is 5.97 Å². The second-order valence-electron chi connectivity index (χ2n) is 5.65. The quantitative estimate of drug-likeness (QED) is 0.680. The standard InChI is InChI=1S/C16H20N4O4S2/c1-8-9(2)19-20(4)16(24)12(8)15-18-10(3)13(26-15)14(23)17-5-6-25-7-11(21)22/h5-7H2,1-4H3,(H,17,23)(H,21,22). The van der Waals surface area contributed by atoms with Crippen LogP contribution in [0.2, 0.25) is 0 Å². The van der Waals surface area contributed by atoms with E-state index in [1.54, 1.807) is 14.0 Å². The Hall–Kier alpha value is -2.20. The Morgan fingerprint density at radius 2 is 1.96 bits per heavy atom. The van der Waals surface area contributed by atoms with Crippen LogP contribution in [0.25, 0.3) is 10.6 Å². The van der Waals surface area contributed by atoms with Gasteiger partial charge in [0, 0.05) is 19.3 Å². The maximum atomic E-state index is 12.4. The predicted octanol–water partition coefficient (Wildman–Crippen LogP) is 1.38. The highest BCUT2D eigenvalue weighted by molar-refractivity contribution is 7.99. The van der Waals surface area contributed by atoms with Gasteiger partial charge in [-0.3, -0.25) is 14.4 Å². The zero-order chi connectivity index (χ0) is 19.4. The van der Waals surface area contributed by atoms with Gasteiger partial charge in [0.15, 0.2) is 0 Å². The summed E-state index contributed by atoms with van der Waals surface area (Å²) < 4.78 is 1.27. The third-order valence-electron chi connectivity index (χ3n) is 3.70. The lowest BCUT2D eigenvalue weighted by molar-refractivity contribution is -0.133. The van der Waals surface area contributed by atoms with E-state index in [2.05, 4.69) is 15.4 Å². The fourth-order valence-corrected chi connectivity index (χ4v) is 3.93. The van der Waals surface area contributed by atoms with Crippen LogP contribution in [-0.4, -0.2) is 49.8 Å². The Morgan fingerprint density at radius 1 is 1.27 bits per heavy atom. The molecule has 0 aliphatic rings. The van der Waals surface area contributed by atoms with Crippen LogP contribution in [0.5, 0.6) is 0 Å². The molecule has 8 nitrogen and oxygen atoms in total. The molecule has 0 saturated heterocycles. The molecular formula is C16H20N4O4S2. The number of amides is 1. The molecule has 0 fully saturated rings. The van der Waals surface area contributed by atoms with Crippen molar-refractivity contribution >= 4 is 35.0 Å². The number of thiazole rings is 1. The van der Waals surface area contributed by atoms with E-state index in [4.69, 9.17) is 5.11 Å². The lowest BCUT2D eigenvalue weighted by atomic mass is 10.1. The molecule has 2 aromatic rings. The number of hydrogen-bond acceptors (Lipinski definition) is 7. The average Bonchev–Trinajstić information content (AvgIpc) is 2.94. The molecule has 0 radical (unpaired) electrons. The van der Waals surface area contributed by atoms with Crippen molar-refractivity contribution in [3.8, 4) is 10.6 Å². The van der Waals surface area contributed by atoms with Crippen LogP contribution in [0.4, 0.5) is 0 Å². The number of carboxylic acid groups (broad SMARTS) is 1. The van der Waals surface area contributed by atoms with E-state index in [1.807, 2.05) is 13.8 Å². The van der Waals surface area contributed by atoms with Crippen LogP contribution in [-0.2, 0) is 11.8 Å². The van der Waals surface area contributed by atoms with E-state index in [-0.39, 0.29) is 17.2 Å². The molecule has 0 unspecified atom stereocenters. The van der Waals surface area contributed by atoms with E-state index < -0.39 is 5.97 Å². The third-order valence-corrected chi connectivity index (χ3v) is 5.82. The number of carboxylic acids is 1. The van der Waals surface area contributed by atoms with Crippen LogP contribution in [0.15, 0.2) is 4.79 Å². The number of aliphatic carboxylic acids is 1. The largest absolute Gasteiger partial charge is 0.481 e. The molecule has 0 spiro atoms. The molecule has 0 aliphatic heterocycles. The summed E-state index contributed by atoms with van der Waals surface area (Å²) in [6, 6.07) is 0. The molecule has 0 aromatic carbocycles. The Kier molecular flexibility index (Phi) is 6.54. The van der Waals surface area contributed by atoms with E-state index in [0.717, 1.165) is 11.3 Å². The second kappa shape index (κ2) is 8.45. The molecule has 0 aliphatic carbocycles. The van der Waals surface area contributed by atoms with Crippen LogP contribution in [0.3, 0.4) is 0 Å². The number of carbonyl (C=O) groups is 2. The van der Waals surface area contributed by atoms with Crippen molar-refractivity contribution in [2.75, 3.05) is 18.1 Å². The van der Waals surface area contributed by atoms with Crippen LogP contribution < -0.4 is 10.9 Å². The number of nitrogens with one attached hydrogen (secondary N) is 1. The monoisotopic (exact) mass is 396 g/mol. The second-order valence-corrected chi connectivity index (χ2v) is 7.75. The number of rotatable bonds is 7. The van der Waals surface area contributed by atoms with Gasteiger partial charge in [0.2, 0.25) is 0 Å². The van der Waals surface area contributed by atoms with E-state index in [0.29, 0.717) is 33.4 Å². The topological polar surface area (TPSA) is 114 Å². The minimum Gasteiger partial charge on any atom is -0.481 e. The summed E-state index contributed by atoms with van der Waals surface area (Å²) in [4.78, 5) is 40.1. The maximum Gasteiger partial charge on any atom is 0.313 e. The highest BCUT2D eigenvalue weighted by atomic mass is 32.2. The summed E-state index contributed by atoms with van der Waals surface area (Å²) in [5, 5.41) is 16.0. The number of hydrogen-bond donors (Lipinski definition) is 2. The molecule has 0 saturated carbocycles. The van der Waals surface area contributed by atoms with Crippen molar-refractivity contribution in [1.29, 1.82) is 0 Å². The highest BCUT2D eigenvalue weighted by Crippen LogP contribution is 2.28. The number of aryl methyl sites for hydroxylation is 3. The molecular weight excluding hydrogens is 376 g/mol. The van der Waals surface area contributed by atoms with Gasteiger partial charge < -0.3 is 10.4 Å². The number of carbonyl (C=O) groups excluding carboxylic acids is 1. The van der Waals surface area contributed by atoms with Crippen LogP contribution >= 0.6 is 23.1 Å². The minimum absolute atomic E-state index is 0.00354. The molecule has 2 rings (SSSR count). The van der Waals surface area contributed by atoms with Crippen molar-refractivity contribution in [3.63, 3.8) is 0 Å². The predicted molar refractivity (Wildman–Crippen MR) is 102 cm³/mol. The first-order chi connectivity index (χ1) is 12.2. The van der Waals surface area contributed by atoms with E-state index in [9.17, 15) is 14.4 Å². The van der Waals surface area contributed by atoms with Gasteiger partial charge in [0.05, 0.1) is 22.7 Å². The summed E-state index contributed by atoms with van der Waals surface area (Å²) in [5.74, 6) is -0.647. The summed E-state index contributed by atoms with van der Waals surface area (Å²) in [7, 11) is 1.58. The normalized spacial score (nSPS) is 10.8. The molecule has 140 valence electrons. The van der Waals surface area contributed by atoms with Crippen molar-refractivity contribution < 1.29 is 14.7 Å². The van der Waals surface area contributed by atoms with Crippen molar-refractivity contribution in [2.24, 2.45) is 7.05 Å². The van der Waals surface area contributed by atoms with Crippen molar-refractivity contribution in [1.82, 2.24) is 20.1 Å². The summed E-state index contributed by atoms with van der Waals surface area (Å²) >= 11 is 2.40. The molecule has 2 N–H and O–H groups in total. The summed E-state index contributed by atoms with van der Waals surface area (Å²) in [6.45, 7) is 5.72. The zero-order valence-electron chi connectivity index (χ0n) is 15.0. The van der Waals surface area contributed by atoms with Gasteiger partial charge in [-0.25, -0.2) is 9.67 Å². The smallest absolute Gasteiger partial charge is 0.313 e. The molecule has 0 bridgehead atoms. The fraction of sp³-hybridized carbons (Fsp3) is 0.438. The fourth-order valence-electron chi connectivity index (χ4n) is 2.29. The molecule has 2 aromatic heterocycles. The minimum atomic E-state index is -0.881. The van der Waals surface area contributed by atoms with Gasteiger partial charge in [-0.05, 0) is 26.3 Å². The SMILES string of the molecule is Cc1nc(-c2c(C)c(C)nn(C)c2=O)sc1C(=O)NCCSCC(=O)O. The summed E-state index contributed by atoms with van der Waals surface area (Å²) in [5.41, 5.74) is 2.25. The molecule has 10 heteroatoms. The molecule has 0 atom stereocenters. The Bertz CT molecular complexity index is 904. The Balaban J connectivity index is 2.18. The lowest BCUT2D eigenvalue weighted by Crippen LogP contribution is -2.25. The summed E-state index contributed by atoms with van der Waals surface area (Å²) in [6.07, 6.45) is 0. The zero-order valence-corrected chi connectivity index (χ0v) is 16.6. The number of aromatic nitrogens is 3. The Labute approximate surface area is 158 Å². The molecule has 26 heavy (non-hydrogen) atoms. The van der Waals surface area contributed by atoms with Crippen LogP contribution in [0.1, 0.15) is 26.6 Å².